The van der Waals surface area contributed by atoms with Crippen LogP contribution in [0.1, 0.15) is 10.6 Å². The maximum Gasteiger partial charge on any atom is 0.167 e. The lowest BCUT2D eigenvalue weighted by atomic mass is 10.3. The molecule has 0 aliphatic rings. The molecule has 0 bridgehead atoms. The normalized spacial score (nSPS) is 11.4. The summed E-state index contributed by atoms with van der Waals surface area (Å²) in [7, 11) is 0. The molecule has 0 atom stereocenters. The second-order valence-corrected chi connectivity index (χ2v) is 5.36. The molecule has 3 aromatic heterocycles. The van der Waals surface area contributed by atoms with Gasteiger partial charge in [-0.25, -0.2) is 15.0 Å². The first-order chi connectivity index (χ1) is 8.84. The fourth-order valence-corrected chi connectivity index (χ4v) is 2.93. The Kier molecular flexibility index (Phi) is 2.99. The first-order valence-electron chi connectivity index (χ1n) is 5.22. The van der Waals surface area contributed by atoms with Gasteiger partial charge in [-0.3, -0.25) is 5.43 Å². The quantitative estimate of drug-likeness (QED) is 0.589. The Balaban J connectivity index is 1.87. The van der Waals surface area contributed by atoms with Crippen molar-refractivity contribution in [1.82, 2.24) is 15.0 Å². The van der Waals surface area contributed by atoms with Crippen LogP contribution in [-0.2, 0) is 0 Å². The second-order valence-electron chi connectivity index (χ2n) is 3.56. The van der Waals surface area contributed by atoms with Crippen molar-refractivity contribution in [2.24, 2.45) is 5.10 Å². The van der Waals surface area contributed by atoms with E-state index in [-0.39, 0.29) is 0 Å². The van der Waals surface area contributed by atoms with E-state index < -0.39 is 0 Å². The summed E-state index contributed by atoms with van der Waals surface area (Å²) in [4.78, 5) is 12.6. The lowest BCUT2D eigenvalue weighted by molar-refractivity contribution is 1.18. The number of hydrogen-bond donors (Lipinski definition) is 1. The Labute approximate surface area is 111 Å². The van der Waals surface area contributed by atoms with Gasteiger partial charge in [0.2, 0.25) is 0 Å². The summed E-state index contributed by atoms with van der Waals surface area (Å²) >= 11 is 3.15. The van der Waals surface area contributed by atoms with Crippen LogP contribution >= 0.6 is 22.7 Å². The van der Waals surface area contributed by atoms with Gasteiger partial charge in [0, 0.05) is 11.6 Å². The summed E-state index contributed by atoms with van der Waals surface area (Å²) in [6, 6.07) is 0. The average Bonchev–Trinajstić information content (AvgIpc) is 3.01. The number of anilines is 1. The van der Waals surface area contributed by atoms with Crippen molar-refractivity contribution in [3.8, 4) is 0 Å². The van der Waals surface area contributed by atoms with Crippen molar-refractivity contribution in [3.63, 3.8) is 0 Å². The Morgan fingerprint density at radius 1 is 1.28 bits per heavy atom. The molecule has 1 N–H and O–H groups in total. The van der Waals surface area contributed by atoms with E-state index in [4.69, 9.17) is 0 Å². The van der Waals surface area contributed by atoms with Crippen molar-refractivity contribution >= 4 is 44.9 Å². The number of aromatic nitrogens is 3. The molecule has 5 nitrogen and oxygen atoms in total. The molecule has 0 saturated heterocycles. The maximum absolute atomic E-state index is 4.26. The maximum atomic E-state index is 4.26. The van der Waals surface area contributed by atoms with Gasteiger partial charge in [0.25, 0.3) is 0 Å². The van der Waals surface area contributed by atoms with Crippen molar-refractivity contribution in [2.45, 2.75) is 6.92 Å². The minimum absolute atomic E-state index is 0.728. The lowest BCUT2D eigenvalue weighted by Crippen LogP contribution is -1.94. The van der Waals surface area contributed by atoms with Crippen LogP contribution in [-0.4, -0.2) is 21.2 Å². The van der Waals surface area contributed by atoms with E-state index in [1.807, 2.05) is 12.3 Å². The molecule has 0 unspecified atom stereocenters. The number of nitrogens with zero attached hydrogens (tertiary/aromatic N) is 4. The summed E-state index contributed by atoms with van der Waals surface area (Å²) in [6.45, 7) is 2.04. The van der Waals surface area contributed by atoms with E-state index in [1.54, 1.807) is 30.1 Å². The number of aryl methyl sites for hydroxylation is 1. The molecule has 0 spiro atoms. The van der Waals surface area contributed by atoms with Gasteiger partial charge in [-0.15, -0.1) is 22.7 Å². The van der Waals surface area contributed by atoms with Crippen molar-refractivity contribution in [1.29, 1.82) is 0 Å². The van der Waals surface area contributed by atoms with Crippen LogP contribution in [0.2, 0.25) is 0 Å². The van der Waals surface area contributed by atoms with Crippen LogP contribution in [0, 0.1) is 6.92 Å². The molecular weight excluding hydrogens is 266 g/mol. The molecule has 0 aromatic carbocycles. The third-order valence-corrected chi connectivity index (χ3v) is 4.13. The Morgan fingerprint density at radius 3 is 3.06 bits per heavy atom. The summed E-state index contributed by atoms with van der Waals surface area (Å²) in [6.07, 6.45) is 4.97. The molecule has 3 rings (SSSR count). The highest BCUT2D eigenvalue weighted by molar-refractivity contribution is 7.18. The highest BCUT2D eigenvalue weighted by Crippen LogP contribution is 2.28. The molecule has 0 saturated carbocycles. The molecule has 3 heterocycles. The second kappa shape index (κ2) is 4.79. The number of nitrogens with one attached hydrogen (secondary N) is 1. The molecule has 0 amide bonds. The molecule has 18 heavy (non-hydrogen) atoms. The van der Waals surface area contributed by atoms with E-state index >= 15 is 0 Å². The zero-order valence-electron chi connectivity index (χ0n) is 9.49. The van der Waals surface area contributed by atoms with E-state index in [0.717, 1.165) is 26.6 Å². The van der Waals surface area contributed by atoms with Crippen LogP contribution in [0.4, 0.5) is 5.82 Å². The third kappa shape index (κ3) is 2.09. The molecule has 0 aliphatic carbocycles. The standard InChI is InChI=1S/C11H9N5S2/c1-7-5-18-10-9(7)13-6-14-11(10)16-15-4-8-12-2-3-17-8/h2-6H,1H3,(H,13,14,16). The van der Waals surface area contributed by atoms with E-state index in [0.29, 0.717) is 0 Å². The van der Waals surface area contributed by atoms with Gasteiger partial charge >= 0.3 is 0 Å². The number of fused-ring (bicyclic) bond motifs is 1. The van der Waals surface area contributed by atoms with Gasteiger partial charge in [0.15, 0.2) is 5.82 Å². The predicted molar refractivity (Wildman–Crippen MR) is 75.5 cm³/mol. The number of thiophene rings is 1. The number of thiazole rings is 1. The van der Waals surface area contributed by atoms with E-state index in [1.165, 1.54) is 11.3 Å². The summed E-state index contributed by atoms with van der Waals surface area (Å²) in [5.41, 5.74) is 5.07. The van der Waals surface area contributed by atoms with Gasteiger partial charge in [-0.1, -0.05) is 0 Å². The minimum Gasteiger partial charge on any atom is -0.260 e. The smallest absolute Gasteiger partial charge is 0.167 e. The highest BCUT2D eigenvalue weighted by Gasteiger charge is 2.06. The van der Waals surface area contributed by atoms with Gasteiger partial charge in [-0.05, 0) is 17.9 Å². The highest BCUT2D eigenvalue weighted by atomic mass is 32.1. The van der Waals surface area contributed by atoms with Gasteiger partial charge in [-0.2, -0.15) is 5.10 Å². The van der Waals surface area contributed by atoms with Crippen LogP contribution in [0.25, 0.3) is 10.2 Å². The van der Waals surface area contributed by atoms with Crippen molar-refractivity contribution in [3.05, 3.63) is 33.9 Å². The van der Waals surface area contributed by atoms with Crippen LogP contribution in [0.5, 0.6) is 0 Å². The van der Waals surface area contributed by atoms with Crippen molar-refractivity contribution in [2.75, 3.05) is 5.43 Å². The molecule has 90 valence electrons. The average molecular weight is 275 g/mol. The predicted octanol–water partition coefficient (Wildman–Crippen LogP) is 2.90. The first-order valence-corrected chi connectivity index (χ1v) is 6.98. The number of hydrogen-bond acceptors (Lipinski definition) is 7. The fraction of sp³-hybridized carbons (Fsp3) is 0.0909. The minimum atomic E-state index is 0.728. The Morgan fingerprint density at radius 2 is 2.22 bits per heavy atom. The molecule has 3 aromatic rings. The van der Waals surface area contributed by atoms with Crippen LogP contribution < -0.4 is 5.43 Å². The van der Waals surface area contributed by atoms with Crippen LogP contribution in [0.3, 0.4) is 0 Å². The summed E-state index contributed by atoms with van der Waals surface area (Å²) in [5.74, 6) is 0.728. The SMILES string of the molecule is Cc1csc2c(NN=Cc3nccs3)ncnc12. The first kappa shape index (κ1) is 11.2. The zero-order chi connectivity index (χ0) is 12.4. The topological polar surface area (TPSA) is 63.1 Å². The molecule has 0 aliphatic heterocycles. The molecule has 7 heteroatoms. The van der Waals surface area contributed by atoms with E-state index in [9.17, 15) is 0 Å². The number of rotatable bonds is 3. The third-order valence-electron chi connectivity index (χ3n) is 2.33. The molecular formula is C11H9N5S2. The largest absolute Gasteiger partial charge is 0.260 e. The lowest BCUT2D eigenvalue weighted by Gasteiger charge is -1.99. The Bertz CT molecular complexity index is 687. The zero-order valence-corrected chi connectivity index (χ0v) is 11.1. The van der Waals surface area contributed by atoms with Crippen LogP contribution in [0.15, 0.2) is 28.4 Å². The summed E-state index contributed by atoms with van der Waals surface area (Å²) in [5, 5.41) is 8.96. The van der Waals surface area contributed by atoms with Gasteiger partial charge in [0.05, 0.1) is 16.4 Å². The fourth-order valence-electron chi connectivity index (χ4n) is 1.50. The molecule has 0 fully saturated rings. The summed E-state index contributed by atoms with van der Waals surface area (Å²) < 4.78 is 1.02. The van der Waals surface area contributed by atoms with Crippen molar-refractivity contribution < 1.29 is 0 Å². The van der Waals surface area contributed by atoms with Gasteiger partial charge in [0.1, 0.15) is 11.3 Å². The Hall–Kier alpha value is -1.86. The van der Waals surface area contributed by atoms with E-state index in [2.05, 4.69) is 30.9 Å². The molecule has 0 radical (unpaired) electrons. The number of hydrazone groups is 1. The van der Waals surface area contributed by atoms with Gasteiger partial charge < -0.3 is 0 Å². The monoisotopic (exact) mass is 275 g/mol.